The van der Waals surface area contributed by atoms with Gasteiger partial charge >= 0.3 is 0 Å². The minimum atomic E-state index is 0.443. The third-order valence-corrected chi connectivity index (χ3v) is 3.65. The summed E-state index contributed by atoms with van der Waals surface area (Å²) in [5.74, 6) is 0. The van der Waals surface area contributed by atoms with E-state index < -0.39 is 0 Å². The van der Waals surface area contributed by atoms with Gasteiger partial charge in [-0.25, -0.2) is 0 Å². The van der Waals surface area contributed by atoms with Crippen molar-refractivity contribution in [3.05, 3.63) is 59.2 Å². The lowest BCUT2D eigenvalue weighted by atomic mass is 9.91. The maximum Gasteiger partial charge on any atom is 0.101 e. The molecule has 0 saturated heterocycles. The highest BCUT2D eigenvalue weighted by Crippen LogP contribution is 2.29. The van der Waals surface area contributed by atoms with E-state index in [1.54, 1.807) is 6.07 Å². The molecule has 2 rings (SSSR count). The van der Waals surface area contributed by atoms with Crippen LogP contribution in [0.25, 0.3) is 11.1 Å². The molecule has 0 aliphatic carbocycles. The Morgan fingerprint density at radius 3 is 2.33 bits per heavy atom. The van der Waals surface area contributed by atoms with Gasteiger partial charge in [0.2, 0.25) is 0 Å². The molecule has 0 radical (unpaired) electrons. The van der Waals surface area contributed by atoms with E-state index in [1.807, 2.05) is 30.3 Å². The van der Waals surface area contributed by atoms with E-state index in [4.69, 9.17) is 5.26 Å². The Balaban J connectivity index is 2.48. The average Bonchev–Trinajstić information content (AvgIpc) is 2.54. The van der Waals surface area contributed by atoms with Gasteiger partial charge in [-0.15, -0.1) is 0 Å². The van der Waals surface area contributed by atoms with Crippen LogP contribution >= 0.6 is 0 Å². The van der Waals surface area contributed by atoms with Crippen molar-refractivity contribution in [3.63, 3.8) is 0 Å². The second-order valence-corrected chi connectivity index (χ2v) is 5.07. The number of hydrogen-bond donors (Lipinski definition) is 0. The smallest absolute Gasteiger partial charge is 0.101 e. The highest BCUT2D eigenvalue weighted by molar-refractivity contribution is 5.76. The van der Waals surface area contributed by atoms with Crippen molar-refractivity contribution >= 4 is 0 Å². The van der Waals surface area contributed by atoms with Crippen molar-refractivity contribution in [1.29, 1.82) is 10.5 Å². The first-order chi connectivity index (χ1) is 10.3. The molecule has 0 aliphatic rings. The highest BCUT2D eigenvalue weighted by atomic mass is 14.3. The third kappa shape index (κ3) is 3.30. The Labute approximate surface area is 126 Å². The first kappa shape index (κ1) is 14.8. The molecule has 21 heavy (non-hydrogen) atoms. The quantitative estimate of drug-likeness (QED) is 0.733. The lowest BCUT2D eigenvalue weighted by Gasteiger charge is -2.11. The summed E-state index contributed by atoms with van der Waals surface area (Å²) in [5, 5.41) is 18.6. The van der Waals surface area contributed by atoms with E-state index in [0.717, 1.165) is 24.0 Å². The fourth-order valence-electron chi connectivity index (χ4n) is 2.56. The zero-order chi connectivity index (χ0) is 15.1. The normalized spacial score (nSPS) is 9.86. The van der Waals surface area contributed by atoms with Gasteiger partial charge in [0.15, 0.2) is 0 Å². The molecule has 0 atom stereocenters. The lowest BCUT2D eigenvalue weighted by molar-refractivity contribution is 0.718. The molecule has 0 saturated carbocycles. The second-order valence-electron chi connectivity index (χ2n) is 5.07. The Morgan fingerprint density at radius 2 is 1.62 bits per heavy atom. The average molecular weight is 274 g/mol. The van der Waals surface area contributed by atoms with Gasteiger partial charge in [-0.3, -0.25) is 0 Å². The van der Waals surface area contributed by atoms with E-state index in [1.165, 1.54) is 18.4 Å². The van der Waals surface area contributed by atoms with Crippen LogP contribution in [0, 0.1) is 22.7 Å². The topological polar surface area (TPSA) is 47.6 Å². The van der Waals surface area contributed by atoms with Crippen LogP contribution in [0.4, 0.5) is 0 Å². The molecule has 0 heterocycles. The molecule has 0 unspecified atom stereocenters. The number of unbranched alkanes of at least 4 members (excludes halogenated alkanes) is 2. The molecule has 0 N–H and O–H groups in total. The molecule has 0 aliphatic heterocycles. The van der Waals surface area contributed by atoms with Crippen LogP contribution in [-0.4, -0.2) is 0 Å². The van der Waals surface area contributed by atoms with Gasteiger partial charge in [0.1, 0.15) is 12.1 Å². The largest absolute Gasteiger partial charge is 0.192 e. The predicted molar refractivity (Wildman–Crippen MR) is 84.5 cm³/mol. The maximum atomic E-state index is 9.40. The van der Waals surface area contributed by atoms with Crippen LogP contribution < -0.4 is 0 Å². The first-order valence-electron chi connectivity index (χ1n) is 7.33. The molecule has 2 aromatic carbocycles. The minimum Gasteiger partial charge on any atom is -0.192 e. The van der Waals surface area contributed by atoms with Crippen molar-refractivity contribution in [1.82, 2.24) is 0 Å². The van der Waals surface area contributed by atoms with Crippen LogP contribution in [-0.2, 0) is 6.42 Å². The zero-order valence-corrected chi connectivity index (χ0v) is 12.3. The van der Waals surface area contributed by atoms with Crippen LogP contribution in [0.1, 0.15) is 42.9 Å². The second kappa shape index (κ2) is 7.27. The SMILES string of the molecule is CCCCCc1ccccc1-c1cccc(C#N)c1C#N. The zero-order valence-electron chi connectivity index (χ0n) is 12.3. The summed E-state index contributed by atoms with van der Waals surface area (Å²) in [5.41, 5.74) is 4.10. The van der Waals surface area contributed by atoms with Gasteiger partial charge in [-0.2, -0.15) is 10.5 Å². The van der Waals surface area contributed by atoms with E-state index in [0.29, 0.717) is 11.1 Å². The predicted octanol–water partition coefficient (Wildman–Crippen LogP) is 4.83. The summed E-state index contributed by atoms with van der Waals surface area (Å²) >= 11 is 0. The standard InChI is InChI=1S/C19H18N2/c1-2-3-4-8-15-9-5-6-11-17(15)18-12-7-10-16(13-20)19(18)14-21/h5-7,9-12H,2-4,8H2,1H3. The van der Waals surface area contributed by atoms with E-state index in [2.05, 4.69) is 25.1 Å². The van der Waals surface area contributed by atoms with Crippen molar-refractivity contribution in [3.8, 4) is 23.3 Å². The van der Waals surface area contributed by atoms with Crippen molar-refractivity contribution in [2.24, 2.45) is 0 Å². The molecule has 2 heteroatoms. The number of benzene rings is 2. The first-order valence-corrected chi connectivity index (χ1v) is 7.33. The number of aryl methyl sites for hydroxylation is 1. The minimum absolute atomic E-state index is 0.443. The molecule has 104 valence electrons. The van der Waals surface area contributed by atoms with Crippen molar-refractivity contribution in [2.75, 3.05) is 0 Å². The van der Waals surface area contributed by atoms with Crippen molar-refractivity contribution in [2.45, 2.75) is 32.6 Å². The molecule has 0 spiro atoms. The van der Waals surface area contributed by atoms with E-state index in [9.17, 15) is 5.26 Å². The number of nitriles is 2. The van der Waals surface area contributed by atoms with Gasteiger partial charge in [-0.1, -0.05) is 56.2 Å². The number of rotatable bonds is 5. The molecule has 0 aromatic heterocycles. The molecule has 2 nitrogen and oxygen atoms in total. The Morgan fingerprint density at radius 1 is 0.857 bits per heavy atom. The molecule has 0 bridgehead atoms. The van der Waals surface area contributed by atoms with Gasteiger partial charge < -0.3 is 0 Å². The third-order valence-electron chi connectivity index (χ3n) is 3.65. The molecule has 0 fully saturated rings. The van der Waals surface area contributed by atoms with Gasteiger partial charge in [0.05, 0.1) is 11.1 Å². The van der Waals surface area contributed by atoms with Crippen molar-refractivity contribution < 1.29 is 0 Å². The number of nitrogens with zero attached hydrogens (tertiary/aromatic N) is 2. The molecule has 0 amide bonds. The van der Waals surface area contributed by atoms with Gasteiger partial charge in [0.25, 0.3) is 0 Å². The number of hydrogen-bond acceptors (Lipinski definition) is 2. The fourth-order valence-corrected chi connectivity index (χ4v) is 2.56. The summed E-state index contributed by atoms with van der Waals surface area (Å²) in [6.07, 6.45) is 4.55. The van der Waals surface area contributed by atoms with Crippen LogP contribution in [0.2, 0.25) is 0 Å². The molecule has 2 aromatic rings. The van der Waals surface area contributed by atoms with E-state index in [-0.39, 0.29) is 0 Å². The van der Waals surface area contributed by atoms with E-state index >= 15 is 0 Å². The van der Waals surface area contributed by atoms with Gasteiger partial charge in [0, 0.05) is 5.56 Å². The van der Waals surface area contributed by atoms with Crippen LogP contribution in [0.5, 0.6) is 0 Å². The Kier molecular flexibility index (Phi) is 5.13. The molecular formula is C19H18N2. The maximum absolute atomic E-state index is 9.40. The lowest BCUT2D eigenvalue weighted by Crippen LogP contribution is -1.94. The summed E-state index contributed by atoms with van der Waals surface area (Å²) in [6.45, 7) is 2.19. The Hall–Kier alpha value is -2.58. The molecular weight excluding hydrogens is 256 g/mol. The monoisotopic (exact) mass is 274 g/mol. The summed E-state index contributed by atoms with van der Waals surface area (Å²) in [7, 11) is 0. The summed E-state index contributed by atoms with van der Waals surface area (Å²) in [4.78, 5) is 0. The van der Waals surface area contributed by atoms with Gasteiger partial charge in [-0.05, 0) is 30.0 Å². The fraction of sp³-hybridized carbons (Fsp3) is 0.263. The Bertz CT molecular complexity index is 702. The van der Waals surface area contributed by atoms with Crippen LogP contribution in [0.3, 0.4) is 0 Å². The summed E-state index contributed by atoms with van der Waals surface area (Å²) < 4.78 is 0. The van der Waals surface area contributed by atoms with Crippen LogP contribution in [0.15, 0.2) is 42.5 Å². The highest BCUT2D eigenvalue weighted by Gasteiger charge is 2.12. The summed E-state index contributed by atoms with van der Waals surface area (Å²) in [6, 6.07) is 17.9.